The Morgan fingerprint density at radius 2 is 1.93 bits per heavy atom. The van der Waals surface area contributed by atoms with Crippen molar-refractivity contribution < 1.29 is 22.1 Å². The van der Waals surface area contributed by atoms with Gasteiger partial charge in [-0.1, -0.05) is 12.1 Å². The highest BCUT2D eigenvalue weighted by molar-refractivity contribution is 7.93. The summed E-state index contributed by atoms with van der Waals surface area (Å²) in [7, 11) is -4.09. The third-order valence-corrected chi connectivity index (χ3v) is 6.33. The number of thiazole rings is 1. The fraction of sp³-hybridized carbons (Fsp3) is 0.118. The van der Waals surface area contributed by atoms with E-state index in [-0.39, 0.29) is 22.1 Å². The molecule has 0 fully saturated rings. The number of nitrogens with zero attached hydrogens (tertiary/aromatic N) is 2. The van der Waals surface area contributed by atoms with Gasteiger partial charge < -0.3 is 0 Å². The predicted molar refractivity (Wildman–Crippen MR) is 99.9 cm³/mol. The second-order valence-corrected chi connectivity index (χ2v) is 8.64. The third-order valence-electron chi connectivity index (χ3n) is 3.81. The summed E-state index contributed by atoms with van der Waals surface area (Å²) >= 11 is 1.02. The standard InChI is InChI=1S/C17H13F2N3O4S2/c1-10-2-4-12(22(23)24)8-16(10)28(25,26)21-17-20-9-13(27-17)6-11-3-5-14(18)15(19)7-11/h2-5,7-9H,6H2,1H3,(H,20,21). The van der Waals surface area contributed by atoms with Crippen LogP contribution in [0, 0.1) is 28.7 Å². The molecule has 0 saturated heterocycles. The lowest BCUT2D eigenvalue weighted by atomic mass is 10.1. The normalized spacial score (nSPS) is 11.4. The van der Waals surface area contributed by atoms with E-state index in [0.29, 0.717) is 16.0 Å². The summed E-state index contributed by atoms with van der Waals surface area (Å²) in [6.45, 7) is 1.52. The predicted octanol–water partition coefficient (Wildman–Crippen LogP) is 4.03. The first-order valence-corrected chi connectivity index (χ1v) is 10.1. The van der Waals surface area contributed by atoms with Crippen LogP contribution in [-0.2, 0) is 16.4 Å². The van der Waals surface area contributed by atoms with Crippen molar-refractivity contribution in [3.8, 4) is 0 Å². The molecule has 11 heteroatoms. The average molecular weight is 425 g/mol. The topological polar surface area (TPSA) is 102 Å². The van der Waals surface area contributed by atoms with Crippen LogP contribution in [-0.4, -0.2) is 18.3 Å². The molecule has 146 valence electrons. The van der Waals surface area contributed by atoms with Crippen molar-refractivity contribution in [2.75, 3.05) is 4.72 Å². The zero-order chi connectivity index (χ0) is 20.5. The number of anilines is 1. The summed E-state index contributed by atoms with van der Waals surface area (Å²) in [5.74, 6) is -1.92. The largest absolute Gasteiger partial charge is 0.270 e. The van der Waals surface area contributed by atoms with Gasteiger partial charge in [-0.05, 0) is 30.2 Å². The van der Waals surface area contributed by atoms with Gasteiger partial charge in [0.15, 0.2) is 16.8 Å². The van der Waals surface area contributed by atoms with Gasteiger partial charge >= 0.3 is 0 Å². The molecule has 3 rings (SSSR count). The first kappa shape index (κ1) is 19.8. The quantitative estimate of drug-likeness (QED) is 0.475. The van der Waals surface area contributed by atoms with Crippen LogP contribution < -0.4 is 4.72 Å². The smallest absolute Gasteiger partial charge is 0.258 e. The van der Waals surface area contributed by atoms with Gasteiger partial charge in [0.1, 0.15) is 0 Å². The van der Waals surface area contributed by atoms with Gasteiger partial charge in [0.05, 0.1) is 9.82 Å². The molecule has 1 aromatic heterocycles. The number of halogens is 2. The van der Waals surface area contributed by atoms with Crippen molar-refractivity contribution in [3.05, 3.63) is 80.3 Å². The number of nitrogens with one attached hydrogen (secondary N) is 1. The van der Waals surface area contributed by atoms with Crippen molar-refractivity contribution >= 4 is 32.2 Å². The van der Waals surface area contributed by atoms with E-state index in [9.17, 15) is 27.3 Å². The molecular formula is C17H13F2N3O4S2. The van der Waals surface area contributed by atoms with Crippen molar-refractivity contribution in [1.82, 2.24) is 4.98 Å². The van der Waals surface area contributed by atoms with Gasteiger partial charge in [-0.25, -0.2) is 22.2 Å². The molecule has 28 heavy (non-hydrogen) atoms. The Kier molecular flexibility index (Phi) is 5.38. The van der Waals surface area contributed by atoms with Crippen LogP contribution in [0.25, 0.3) is 0 Å². The summed E-state index contributed by atoms with van der Waals surface area (Å²) in [6, 6.07) is 7.05. The molecule has 0 saturated carbocycles. The average Bonchev–Trinajstić information content (AvgIpc) is 3.04. The molecule has 1 heterocycles. The highest BCUT2D eigenvalue weighted by atomic mass is 32.2. The summed E-state index contributed by atoms with van der Waals surface area (Å²) in [5, 5.41) is 11.0. The summed E-state index contributed by atoms with van der Waals surface area (Å²) in [6.07, 6.45) is 1.66. The van der Waals surface area contributed by atoms with E-state index in [4.69, 9.17) is 0 Å². The molecule has 0 radical (unpaired) electrons. The molecule has 0 aliphatic carbocycles. The molecule has 3 aromatic rings. The van der Waals surface area contributed by atoms with E-state index in [1.54, 1.807) is 0 Å². The van der Waals surface area contributed by atoms with E-state index in [2.05, 4.69) is 9.71 Å². The number of sulfonamides is 1. The number of hydrogen-bond acceptors (Lipinski definition) is 6. The SMILES string of the molecule is Cc1ccc([N+](=O)[O-])cc1S(=O)(=O)Nc1ncc(Cc2ccc(F)c(F)c2)s1. The van der Waals surface area contributed by atoms with Gasteiger partial charge in [-0.15, -0.1) is 11.3 Å². The van der Waals surface area contributed by atoms with Gasteiger partial charge in [-0.2, -0.15) is 0 Å². The second kappa shape index (κ2) is 7.60. The Morgan fingerprint density at radius 3 is 2.61 bits per heavy atom. The van der Waals surface area contributed by atoms with Gasteiger partial charge in [-0.3, -0.25) is 14.8 Å². The number of non-ortho nitro benzene ring substituents is 1. The number of benzene rings is 2. The van der Waals surface area contributed by atoms with Gasteiger partial charge in [0.25, 0.3) is 15.7 Å². The third kappa shape index (κ3) is 4.31. The summed E-state index contributed by atoms with van der Waals surface area (Å²) in [4.78, 5) is 14.6. The van der Waals surface area contributed by atoms with Crippen LogP contribution in [0.1, 0.15) is 16.0 Å². The zero-order valence-corrected chi connectivity index (χ0v) is 16.0. The molecule has 0 unspecified atom stereocenters. The maximum Gasteiger partial charge on any atom is 0.270 e. The van der Waals surface area contributed by atoms with Crippen LogP contribution in [0.5, 0.6) is 0 Å². The van der Waals surface area contributed by atoms with Gasteiger partial charge in [0, 0.05) is 29.6 Å². The molecular weight excluding hydrogens is 412 g/mol. The molecule has 0 atom stereocenters. The van der Waals surface area contributed by atoms with Crippen LogP contribution >= 0.6 is 11.3 Å². The Balaban J connectivity index is 1.81. The van der Waals surface area contributed by atoms with Crippen molar-refractivity contribution in [1.29, 1.82) is 0 Å². The van der Waals surface area contributed by atoms with E-state index in [1.165, 1.54) is 31.3 Å². The second-order valence-electron chi connectivity index (χ2n) is 5.87. The maximum absolute atomic E-state index is 13.3. The van der Waals surface area contributed by atoms with Crippen LogP contribution in [0.3, 0.4) is 0 Å². The Bertz CT molecular complexity index is 1160. The van der Waals surface area contributed by atoms with E-state index >= 15 is 0 Å². The van der Waals surface area contributed by atoms with Crippen molar-refractivity contribution in [2.24, 2.45) is 0 Å². The van der Waals surface area contributed by atoms with E-state index in [1.807, 2.05) is 0 Å². The molecule has 0 aliphatic heterocycles. The van der Waals surface area contributed by atoms with Gasteiger partial charge in [0.2, 0.25) is 0 Å². The minimum absolute atomic E-state index is 0.0588. The fourth-order valence-electron chi connectivity index (χ4n) is 2.45. The molecule has 1 N–H and O–H groups in total. The highest BCUT2D eigenvalue weighted by Gasteiger charge is 2.22. The number of aryl methyl sites for hydroxylation is 1. The minimum Gasteiger partial charge on any atom is -0.258 e. The number of aromatic nitrogens is 1. The monoisotopic (exact) mass is 425 g/mol. The molecule has 0 amide bonds. The summed E-state index contributed by atoms with van der Waals surface area (Å²) in [5.41, 5.74) is 0.507. The van der Waals surface area contributed by atoms with Crippen molar-refractivity contribution in [2.45, 2.75) is 18.2 Å². The molecule has 0 spiro atoms. The lowest BCUT2D eigenvalue weighted by Gasteiger charge is -2.08. The van der Waals surface area contributed by atoms with Crippen molar-refractivity contribution in [3.63, 3.8) is 0 Å². The van der Waals surface area contributed by atoms with E-state index in [0.717, 1.165) is 29.5 Å². The van der Waals surface area contributed by atoms with Crippen LogP contribution in [0.2, 0.25) is 0 Å². The zero-order valence-electron chi connectivity index (χ0n) is 14.3. The van der Waals surface area contributed by atoms with Crippen LogP contribution in [0.15, 0.2) is 47.5 Å². The Labute approximate surface area is 162 Å². The Morgan fingerprint density at radius 1 is 1.18 bits per heavy atom. The number of nitro groups is 1. The first-order valence-electron chi connectivity index (χ1n) is 7.82. The summed E-state index contributed by atoms with van der Waals surface area (Å²) < 4.78 is 53.8. The number of nitro benzene ring substituents is 1. The highest BCUT2D eigenvalue weighted by Crippen LogP contribution is 2.27. The minimum atomic E-state index is -4.09. The maximum atomic E-state index is 13.3. The van der Waals surface area contributed by atoms with Crippen LogP contribution in [0.4, 0.5) is 19.6 Å². The number of hydrogen-bond donors (Lipinski definition) is 1. The molecule has 0 bridgehead atoms. The first-order chi connectivity index (χ1) is 13.2. The fourth-order valence-corrected chi connectivity index (χ4v) is 4.80. The molecule has 7 nitrogen and oxygen atoms in total. The lowest BCUT2D eigenvalue weighted by Crippen LogP contribution is -2.14. The lowest BCUT2D eigenvalue weighted by molar-refractivity contribution is -0.385. The molecule has 0 aliphatic rings. The Hall–Kier alpha value is -2.92. The molecule has 2 aromatic carbocycles. The number of rotatable bonds is 6. The van der Waals surface area contributed by atoms with E-state index < -0.39 is 26.6 Å².